The van der Waals surface area contributed by atoms with E-state index in [2.05, 4.69) is 80.5 Å². The number of hydrogen-bond donors (Lipinski definition) is 4. The molecule has 0 unspecified atom stereocenters. The van der Waals surface area contributed by atoms with Gasteiger partial charge in [-0.2, -0.15) is 0 Å². The number of unbranched alkanes of at least 4 members (excludes halogenated alkanes) is 1. The van der Waals surface area contributed by atoms with Gasteiger partial charge in [0.05, 0.1) is 0 Å². The summed E-state index contributed by atoms with van der Waals surface area (Å²) in [6.45, 7) is 8.02. The number of benzene rings is 4. The van der Waals surface area contributed by atoms with Crippen LogP contribution in [0.25, 0.3) is 10.8 Å². The number of amides is 7. The normalized spacial score (nSPS) is 17.1. The Hall–Kier alpha value is -6.06. The molecule has 3 heterocycles. The summed E-state index contributed by atoms with van der Waals surface area (Å²) in [6, 6.07) is 25.5. The smallest absolute Gasteiger partial charge is 0.328 e. The first kappa shape index (κ1) is 43.0. The van der Waals surface area contributed by atoms with Crippen LogP contribution in [0.3, 0.4) is 0 Å². The quantitative estimate of drug-likeness (QED) is 0.112. The maximum atomic E-state index is 14.7. The van der Waals surface area contributed by atoms with Gasteiger partial charge in [-0.3, -0.25) is 34.4 Å². The number of halogens is 1. The Morgan fingerprint density at radius 2 is 1.61 bits per heavy atom. The fourth-order valence-corrected chi connectivity index (χ4v) is 8.32. The van der Waals surface area contributed by atoms with Gasteiger partial charge in [0.15, 0.2) is 6.61 Å². The van der Waals surface area contributed by atoms with E-state index in [9.17, 15) is 28.4 Å². The molecule has 4 aromatic rings. The van der Waals surface area contributed by atoms with Crippen molar-refractivity contribution in [3.05, 3.63) is 102 Å². The lowest BCUT2D eigenvalue weighted by molar-refractivity contribution is -0.127. The van der Waals surface area contributed by atoms with Crippen LogP contribution in [0.1, 0.15) is 56.2 Å². The maximum Gasteiger partial charge on any atom is 0.328 e. The predicted molar refractivity (Wildman–Crippen MR) is 232 cm³/mol. The van der Waals surface area contributed by atoms with Crippen LogP contribution in [-0.2, 0) is 20.9 Å². The number of imide groups is 1. The number of anilines is 2. The third kappa shape index (κ3) is 11.6. The molecule has 4 aromatic carbocycles. The fraction of sp³-hybridized carbons (Fsp3) is 0.413. The second kappa shape index (κ2) is 20.5. The van der Waals surface area contributed by atoms with Crippen molar-refractivity contribution in [2.45, 2.75) is 51.6 Å². The zero-order valence-corrected chi connectivity index (χ0v) is 34.7. The van der Waals surface area contributed by atoms with E-state index < -0.39 is 11.8 Å². The van der Waals surface area contributed by atoms with E-state index in [1.807, 2.05) is 0 Å². The van der Waals surface area contributed by atoms with Gasteiger partial charge in [-0.25, -0.2) is 14.0 Å². The highest BCUT2D eigenvalue weighted by Gasteiger charge is 2.29. The van der Waals surface area contributed by atoms with E-state index in [-0.39, 0.29) is 55.3 Å². The molecule has 3 aliphatic heterocycles. The summed E-state index contributed by atoms with van der Waals surface area (Å²) in [5, 5.41) is 13.5. The van der Waals surface area contributed by atoms with Gasteiger partial charge in [0.1, 0.15) is 11.6 Å². The van der Waals surface area contributed by atoms with Crippen LogP contribution in [-0.4, -0.2) is 110 Å². The van der Waals surface area contributed by atoms with Gasteiger partial charge in [-0.1, -0.05) is 42.5 Å². The number of piperazine rings is 1. The number of hydrogen-bond acceptors (Lipinski definition) is 8. The van der Waals surface area contributed by atoms with Crippen molar-refractivity contribution in [2.24, 2.45) is 5.92 Å². The summed E-state index contributed by atoms with van der Waals surface area (Å²) >= 11 is 0. The number of carbonyl (C=O) groups excluding carboxylic acids is 5. The molecule has 0 bridgehead atoms. The molecule has 3 saturated heterocycles. The zero-order chi connectivity index (χ0) is 42.7. The monoisotopic (exact) mass is 834 g/mol. The maximum absolute atomic E-state index is 14.7. The molecule has 0 spiro atoms. The van der Waals surface area contributed by atoms with E-state index in [0.29, 0.717) is 62.0 Å². The van der Waals surface area contributed by atoms with Crippen LogP contribution in [0.5, 0.6) is 5.75 Å². The van der Waals surface area contributed by atoms with E-state index in [0.717, 1.165) is 45.3 Å². The molecule has 15 heteroatoms. The van der Waals surface area contributed by atoms with Crippen molar-refractivity contribution < 1.29 is 33.1 Å². The van der Waals surface area contributed by atoms with Gasteiger partial charge >= 0.3 is 12.1 Å². The fourth-order valence-electron chi connectivity index (χ4n) is 8.32. The summed E-state index contributed by atoms with van der Waals surface area (Å²) in [5.74, 6) is -0.663. The van der Waals surface area contributed by atoms with E-state index >= 15 is 0 Å². The molecule has 3 fully saturated rings. The highest BCUT2D eigenvalue weighted by Crippen LogP contribution is 2.31. The lowest BCUT2D eigenvalue weighted by atomic mass is 9.92. The van der Waals surface area contributed by atoms with E-state index in [1.165, 1.54) is 33.4 Å². The van der Waals surface area contributed by atoms with Crippen molar-refractivity contribution in [3.8, 4) is 5.75 Å². The van der Waals surface area contributed by atoms with Gasteiger partial charge in [0.25, 0.3) is 5.91 Å². The topological polar surface area (TPSA) is 156 Å². The summed E-state index contributed by atoms with van der Waals surface area (Å²) in [7, 11) is 0. The molecule has 7 amide bonds. The highest BCUT2D eigenvalue weighted by molar-refractivity contribution is 6.05. The number of fused-ring (bicyclic) bond motifs is 1. The molecule has 3 aliphatic rings. The minimum absolute atomic E-state index is 0.0343. The molecule has 7 rings (SSSR count). The third-order valence-corrected chi connectivity index (χ3v) is 11.9. The Bertz CT molecular complexity index is 2180. The molecule has 14 nitrogen and oxygen atoms in total. The molecule has 1 atom stereocenters. The van der Waals surface area contributed by atoms with Crippen molar-refractivity contribution in [3.63, 3.8) is 0 Å². The van der Waals surface area contributed by atoms with Crippen molar-refractivity contribution in [1.29, 1.82) is 0 Å². The van der Waals surface area contributed by atoms with Crippen LogP contribution < -0.4 is 30.9 Å². The third-order valence-electron chi connectivity index (χ3n) is 11.9. The van der Waals surface area contributed by atoms with Crippen LogP contribution in [0, 0.1) is 11.7 Å². The summed E-state index contributed by atoms with van der Waals surface area (Å²) in [4.78, 5) is 70.0. The van der Waals surface area contributed by atoms with Crippen LogP contribution in [0.4, 0.5) is 25.4 Å². The Morgan fingerprint density at radius 3 is 2.38 bits per heavy atom. The number of carbonyl (C=O) groups is 5. The average molecular weight is 835 g/mol. The predicted octanol–water partition coefficient (Wildman–Crippen LogP) is 5.64. The minimum atomic E-state index is -0.483. The molecule has 0 radical (unpaired) electrons. The Morgan fingerprint density at radius 1 is 0.852 bits per heavy atom. The van der Waals surface area contributed by atoms with Crippen molar-refractivity contribution in [1.82, 2.24) is 30.7 Å². The van der Waals surface area contributed by atoms with Gasteiger partial charge < -0.3 is 25.6 Å². The van der Waals surface area contributed by atoms with Crippen molar-refractivity contribution >= 4 is 51.9 Å². The number of urea groups is 2. The van der Waals surface area contributed by atoms with Crippen LogP contribution >= 0.6 is 0 Å². The summed E-state index contributed by atoms with van der Waals surface area (Å²) < 4.78 is 20.3. The Balaban J connectivity index is 0.754. The molecule has 0 aliphatic carbocycles. The first-order valence-corrected chi connectivity index (χ1v) is 21.3. The van der Waals surface area contributed by atoms with Crippen LogP contribution in [0.15, 0.2) is 84.9 Å². The first-order chi connectivity index (χ1) is 29.6. The standard InChI is InChI=1S/C46H55FN8O6/c1-32(40-10-6-8-34-7-2-3-9-41(34)40)53-20-15-35(16-21-53)44(58)49-30-33-27-36(47)29-37(28-33)50-45(59)54-25-23-52(24-26-54)19-5-4-18-48-43(57)31-61-39-13-11-38(12-14-39)55-22-17-42(56)51-46(55)60/h2-3,6-14,27-29,32,35H,4-5,15-26,30-31H2,1H3,(H,48,57)(H,49,58)(H,50,59)(H,51,56,60)/t32-/m1/s1. The minimum Gasteiger partial charge on any atom is -0.484 e. The number of likely N-dealkylation sites (tertiary alicyclic amines) is 1. The number of ether oxygens (including phenoxy) is 1. The average Bonchev–Trinajstić information content (AvgIpc) is 3.27. The van der Waals surface area contributed by atoms with E-state index in [4.69, 9.17) is 4.74 Å². The molecule has 61 heavy (non-hydrogen) atoms. The number of rotatable bonds is 15. The molecular weight excluding hydrogens is 780 g/mol. The number of nitrogens with one attached hydrogen (secondary N) is 4. The molecular formula is C46H55FN8O6. The largest absolute Gasteiger partial charge is 0.484 e. The SMILES string of the molecule is C[C@H](c1cccc2ccccc12)N1CCC(C(=O)NCc2cc(F)cc(NC(=O)N3CCN(CCCCNC(=O)COc4ccc(N5CCC(=O)NC5=O)cc4)CC3)c2)CC1. The second-order valence-electron chi connectivity index (χ2n) is 16.0. The molecule has 322 valence electrons. The van der Waals surface area contributed by atoms with Gasteiger partial charge in [-0.05, 0) is 117 Å². The lowest BCUT2D eigenvalue weighted by Crippen LogP contribution is -2.50. The van der Waals surface area contributed by atoms with Crippen LogP contribution in [0.2, 0.25) is 0 Å². The Kier molecular flexibility index (Phi) is 14.4. The Labute approximate surface area is 355 Å². The first-order valence-electron chi connectivity index (χ1n) is 21.3. The van der Waals surface area contributed by atoms with Gasteiger partial charge in [0, 0.05) is 75.6 Å². The number of piperidine rings is 1. The van der Waals surface area contributed by atoms with Gasteiger partial charge in [0.2, 0.25) is 11.8 Å². The van der Waals surface area contributed by atoms with Crippen molar-refractivity contribution in [2.75, 3.05) is 75.7 Å². The lowest BCUT2D eigenvalue weighted by Gasteiger charge is -2.36. The molecule has 0 aromatic heterocycles. The molecule has 0 saturated carbocycles. The van der Waals surface area contributed by atoms with Gasteiger partial charge in [-0.15, -0.1) is 0 Å². The molecule has 4 N–H and O–H groups in total. The highest BCUT2D eigenvalue weighted by atomic mass is 19.1. The number of nitrogens with zero attached hydrogens (tertiary/aromatic N) is 4. The van der Waals surface area contributed by atoms with E-state index in [1.54, 1.807) is 35.2 Å². The second-order valence-corrected chi connectivity index (χ2v) is 16.0. The zero-order valence-electron chi connectivity index (χ0n) is 34.7. The summed E-state index contributed by atoms with van der Waals surface area (Å²) in [6.07, 6.45) is 3.40. The summed E-state index contributed by atoms with van der Waals surface area (Å²) in [5.41, 5.74) is 2.86.